The summed E-state index contributed by atoms with van der Waals surface area (Å²) < 4.78 is 10.3. The number of aromatic amines is 1. The van der Waals surface area contributed by atoms with E-state index in [1.54, 1.807) is 12.3 Å². The molecule has 6 nitrogen and oxygen atoms in total. The quantitative estimate of drug-likeness (QED) is 0.726. The molecular formula is C13H9N3O3. The number of nitrogens with one attached hydrogen (secondary N) is 1. The number of ether oxygens (including phenoxy) is 1. The van der Waals surface area contributed by atoms with Crippen LogP contribution in [0, 0.1) is 0 Å². The average molecular weight is 255 g/mol. The molecule has 2 aromatic heterocycles. The zero-order valence-electron chi connectivity index (χ0n) is 9.74. The van der Waals surface area contributed by atoms with E-state index in [0.717, 1.165) is 5.56 Å². The highest BCUT2D eigenvalue weighted by Crippen LogP contribution is 2.23. The van der Waals surface area contributed by atoms with Gasteiger partial charge in [0.1, 0.15) is 0 Å². The molecule has 0 atom stereocenters. The monoisotopic (exact) mass is 255 g/mol. The van der Waals surface area contributed by atoms with Crippen LogP contribution >= 0.6 is 0 Å². The van der Waals surface area contributed by atoms with Gasteiger partial charge in [0.25, 0.3) is 0 Å². The Morgan fingerprint density at radius 1 is 1.21 bits per heavy atom. The van der Waals surface area contributed by atoms with E-state index in [2.05, 4.69) is 15.2 Å². The Balaban J connectivity index is 1.90. The second-order valence-corrected chi connectivity index (χ2v) is 3.70. The standard InChI is InChI=1S/C13H9N3O3/c17-13(19-10-6-7-15-16-10)11-12(18-8-14-11)9-4-2-1-3-5-9/h1-8H,(H,15,16). The van der Waals surface area contributed by atoms with Gasteiger partial charge in [0.2, 0.25) is 5.88 Å². The fraction of sp³-hybridized carbons (Fsp3) is 0. The first kappa shape index (κ1) is 11.2. The lowest BCUT2D eigenvalue weighted by Gasteiger charge is -2.00. The van der Waals surface area contributed by atoms with E-state index in [9.17, 15) is 4.79 Å². The van der Waals surface area contributed by atoms with E-state index < -0.39 is 5.97 Å². The summed E-state index contributed by atoms with van der Waals surface area (Å²) in [6.45, 7) is 0. The number of carbonyl (C=O) groups excluding carboxylic acids is 1. The Morgan fingerprint density at radius 2 is 2.05 bits per heavy atom. The molecule has 0 radical (unpaired) electrons. The number of esters is 1. The summed E-state index contributed by atoms with van der Waals surface area (Å²) in [6, 6.07) is 10.8. The minimum absolute atomic E-state index is 0.120. The first-order chi connectivity index (χ1) is 9.34. The van der Waals surface area contributed by atoms with E-state index in [1.165, 1.54) is 6.39 Å². The molecule has 0 saturated carbocycles. The zero-order valence-corrected chi connectivity index (χ0v) is 9.74. The maximum atomic E-state index is 12.0. The van der Waals surface area contributed by atoms with E-state index in [1.807, 2.05) is 30.3 Å². The molecule has 1 N–H and O–H groups in total. The Hall–Kier alpha value is -2.89. The number of rotatable bonds is 3. The molecule has 0 aliphatic carbocycles. The summed E-state index contributed by atoms with van der Waals surface area (Å²) in [4.78, 5) is 15.9. The first-order valence-electron chi connectivity index (χ1n) is 5.55. The van der Waals surface area contributed by atoms with Gasteiger partial charge in [0.05, 0.1) is 0 Å². The predicted octanol–water partition coefficient (Wildman–Crippen LogP) is 2.28. The van der Waals surface area contributed by atoms with Crippen LogP contribution in [-0.2, 0) is 0 Å². The van der Waals surface area contributed by atoms with Crippen molar-refractivity contribution >= 4 is 5.97 Å². The molecule has 3 aromatic rings. The van der Waals surface area contributed by atoms with Crippen LogP contribution < -0.4 is 4.74 Å². The van der Waals surface area contributed by atoms with Crippen molar-refractivity contribution in [2.24, 2.45) is 0 Å². The van der Waals surface area contributed by atoms with Crippen molar-refractivity contribution in [2.45, 2.75) is 0 Å². The topological polar surface area (TPSA) is 81.0 Å². The number of aromatic nitrogens is 3. The summed E-state index contributed by atoms with van der Waals surface area (Å²) in [7, 11) is 0. The van der Waals surface area contributed by atoms with Crippen LogP contribution in [0.3, 0.4) is 0 Å². The number of hydrogen-bond acceptors (Lipinski definition) is 5. The van der Waals surface area contributed by atoms with Gasteiger partial charge in [-0.2, -0.15) is 0 Å². The first-order valence-corrected chi connectivity index (χ1v) is 5.55. The third-order valence-electron chi connectivity index (χ3n) is 2.47. The number of nitrogens with zero attached hydrogens (tertiary/aromatic N) is 2. The molecule has 1 aromatic carbocycles. The fourth-order valence-electron chi connectivity index (χ4n) is 1.63. The molecule has 0 saturated heterocycles. The van der Waals surface area contributed by atoms with Crippen LogP contribution in [0.4, 0.5) is 0 Å². The molecule has 19 heavy (non-hydrogen) atoms. The van der Waals surface area contributed by atoms with Gasteiger partial charge >= 0.3 is 5.97 Å². The fourth-order valence-corrected chi connectivity index (χ4v) is 1.63. The maximum absolute atomic E-state index is 12.0. The maximum Gasteiger partial charge on any atom is 0.367 e. The summed E-state index contributed by atoms with van der Waals surface area (Å²) in [6.07, 6.45) is 2.77. The van der Waals surface area contributed by atoms with Crippen molar-refractivity contribution in [3.8, 4) is 17.2 Å². The molecular weight excluding hydrogens is 246 g/mol. The molecule has 0 bridgehead atoms. The molecule has 0 amide bonds. The normalized spacial score (nSPS) is 10.3. The summed E-state index contributed by atoms with van der Waals surface area (Å²) in [5.74, 6) is -0.0483. The SMILES string of the molecule is O=C(Oc1cc[nH]n1)c1ncoc1-c1ccccc1. The number of carbonyl (C=O) groups is 1. The molecule has 2 heterocycles. The third kappa shape index (κ3) is 2.23. The highest BCUT2D eigenvalue weighted by molar-refractivity contribution is 5.94. The molecule has 3 rings (SSSR count). The Labute approximate surface area is 108 Å². The van der Waals surface area contributed by atoms with Crippen LogP contribution in [-0.4, -0.2) is 21.2 Å². The molecule has 0 spiro atoms. The average Bonchev–Trinajstić information content (AvgIpc) is 3.10. The van der Waals surface area contributed by atoms with Crippen molar-refractivity contribution in [1.29, 1.82) is 0 Å². The van der Waals surface area contributed by atoms with Gasteiger partial charge in [-0.05, 0) is 0 Å². The van der Waals surface area contributed by atoms with E-state index in [-0.39, 0.29) is 11.6 Å². The van der Waals surface area contributed by atoms with E-state index >= 15 is 0 Å². The van der Waals surface area contributed by atoms with Gasteiger partial charge in [-0.15, -0.1) is 5.10 Å². The second kappa shape index (κ2) is 4.77. The van der Waals surface area contributed by atoms with Gasteiger partial charge in [-0.25, -0.2) is 9.78 Å². The molecule has 0 aliphatic rings. The lowest BCUT2D eigenvalue weighted by atomic mass is 10.1. The summed E-state index contributed by atoms with van der Waals surface area (Å²) >= 11 is 0. The van der Waals surface area contributed by atoms with Crippen molar-refractivity contribution in [3.05, 3.63) is 54.7 Å². The highest BCUT2D eigenvalue weighted by Gasteiger charge is 2.20. The lowest BCUT2D eigenvalue weighted by Crippen LogP contribution is -2.10. The van der Waals surface area contributed by atoms with Crippen LogP contribution in [0.2, 0.25) is 0 Å². The minimum atomic E-state index is -0.611. The third-order valence-corrected chi connectivity index (χ3v) is 2.47. The van der Waals surface area contributed by atoms with Gasteiger partial charge in [-0.3, -0.25) is 5.10 Å². The molecule has 6 heteroatoms. The summed E-state index contributed by atoms with van der Waals surface area (Å²) in [5.41, 5.74) is 0.878. The van der Waals surface area contributed by atoms with E-state index in [0.29, 0.717) is 5.76 Å². The van der Waals surface area contributed by atoms with Crippen LogP contribution in [0.5, 0.6) is 5.88 Å². The predicted molar refractivity (Wildman–Crippen MR) is 65.5 cm³/mol. The van der Waals surface area contributed by atoms with Gasteiger partial charge in [0.15, 0.2) is 17.8 Å². The molecule has 94 valence electrons. The minimum Gasteiger partial charge on any atom is -0.443 e. The molecule has 0 fully saturated rings. The Kier molecular flexibility index (Phi) is 2.82. The largest absolute Gasteiger partial charge is 0.443 e. The number of H-pyrrole nitrogens is 1. The molecule has 0 aliphatic heterocycles. The second-order valence-electron chi connectivity index (χ2n) is 3.70. The van der Waals surface area contributed by atoms with Gasteiger partial charge in [0, 0.05) is 17.8 Å². The zero-order chi connectivity index (χ0) is 13.1. The molecule has 0 unspecified atom stereocenters. The van der Waals surface area contributed by atoms with Gasteiger partial charge in [-0.1, -0.05) is 30.3 Å². The van der Waals surface area contributed by atoms with Crippen molar-refractivity contribution in [2.75, 3.05) is 0 Å². The number of oxazole rings is 1. The van der Waals surface area contributed by atoms with Crippen LogP contribution in [0.25, 0.3) is 11.3 Å². The lowest BCUT2D eigenvalue weighted by molar-refractivity contribution is 0.0722. The highest BCUT2D eigenvalue weighted by atomic mass is 16.5. The Morgan fingerprint density at radius 3 is 2.79 bits per heavy atom. The van der Waals surface area contributed by atoms with Crippen molar-refractivity contribution < 1.29 is 13.9 Å². The van der Waals surface area contributed by atoms with Crippen molar-refractivity contribution in [1.82, 2.24) is 15.2 Å². The van der Waals surface area contributed by atoms with Crippen LogP contribution in [0.1, 0.15) is 10.5 Å². The Bertz CT molecular complexity index is 674. The summed E-state index contributed by atoms with van der Waals surface area (Å²) in [5, 5.41) is 6.30. The smallest absolute Gasteiger partial charge is 0.367 e. The number of hydrogen-bond donors (Lipinski definition) is 1. The number of benzene rings is 1. The van der Waals surface area contributed by atoms with E-state index in [4.69, 9.17) is 9.15 Å². The van der Waals surface area contributed by atoms with Gasteiger partial charge < -0.3 is 9.15 Å². The van der Waals surface area contributed by atoms with Crippen molar-refractivity contribution in [3.63, 3.8) is 0 Å². The van der Waals surface area contributed by atoms with Crippen LogP contribution in [0.15, 0.2) is 53.4 Å².